The van der Waals surface area contributed by atoms with E-state index >= 15 is 0 Å². The Morgan fingerprint density at radius 2 is 1.75 bits per heavy atom. The number of thioether (sulfide) groups is 1. The molecule has 2 amide bonds. The third-order valence-electron chi connectivity index (χ3n) is 8.82. The molecule has 0 spiro atoms. The summed E-state index contributed by atoms with van der Waals surface area (Å²) in [5.41, 5.74) is -3.01. The third-order valence-corrected chi connectivity index (χ3v) is 10.7. The molecule has 4 heterocycles. The number of amides is 2. The highest BCUT2D eigenvalue weighted by molar-refractivity contribution is 8.13. The number of anilines is 1. The van der Waals surface area contributed by atoms with E-state index in [-0.39, 0.29) is 56.4 Å². The fourth-order valence-electron chi connectivity index (χ4n) is 6.59. The molecule has 0 N–H and O–H groups in total. The van der Waals surface area contributed by atoms with E-state index in [1.807, 2.05) is 17.0 Å². The lowest BCUT2D eigenvalue weighted by molar-refractivity contribution is -0.159. The number of piperidine rings is 1. The Labute approximate surface area is 298 Å². The van der Waals surface area contributed by atoms with Gasteiger partial charge in [0.15, 0.2) is 0 Å². The Hall–Kier alpha value is -3.83. The van der Waals surface area contributed by atoms with Crippen LogP contribution in [0.15, 0.2) is 59.1 Å². The van der Waals surface area contributed by atoms with Gasteiger partial charge in [0.2, 0.25) is 10.7 Å². The van der Waals surface area contributed by atoms with Gasteiger partial charge in [-0.1, -0.05) is 25.5 Å². The molecule has 0 saturated carbocycles. The van der Waals surface area contributed by atoms with Gasteiger partial charge in [-0.2, -0.15) is 26.3 Å². The number of halogens is 6. The number of nitrogens with zero attached hydrogens (tertiary/aromatic N) is 4. The van der Waals surface area contributed by atoms with E-state index in [1.54, 1.807) is 19.1 Å². The summed E-state index contributed by atoms with van der Waals surface area (Å²) in [7, 11) is 1.43. The monoisotopic (exact) mass is 758 g/mol. The van der Waals surface area contributed by atoms with Crippen molar-refractivity contribution in [2.24, 2.45) is 0 Å². The summed E-state index contributed by atoms with van der Waals surface area (Å²) in [6, 6.07) is 7.67. The fourth-order valence-corrected chi connectivity index (χ4v) is 8.14. The van der Waals surface area contributed by atoms with Crippen LogP contribution in [0.3, 0.4) is 0 Å². The number of hydrogen-bond donors (Lipinski definition) is 0. The van der Waals surface area contributed by atoms with E-state index in [0.29, 0.717) is 41.8 Å². The number of alkyl halides is 6. The van der Waals surface area contributed by atoms with Crippen molar-refractivity contribution in [3.8, 4) is 5.75 Å². The first kappa shape index (κ1) is 38.4. The summed E-state index contributed by atoms with van der Waals surface area (Å²) in [5.74, 6) is -1.80. The average molecular weight is 759 g/mol. The van der Waals surface area contributed by atoms with Crippen LogP contribution in [0.1, 0.15) is 53.4 Å². The van der Waals surface area contributed by atoms with Crippen LogP contribution in [-0.2, 0) is 26.7 Å². The minimum Gasteiger partial charge on any atom is -0.474 e. The number of likely N-dealkylation sites (tertiary alicyclic amines) is 1. The lowest BCUT2D eigenvalue weighted by atomic mass is 9.79. The standard InChI is InChI=1S/C34H36F6N4O5S2/c1-3-7-27-32(49-22-18-28(50-21-22)34(38,39)40,11-6-13-44(27)30(46)23-19-41-12-10-24(23)33(35,36)37)31(47)43-16-14-42(15-17-43)25-8-4-5-9-26(25)51-29(45)20-48-2/h4-5,8-10,12,18-19,21,27H,3,6-7,11,13-17,20H2,1-2H3/t27-,32+/m1/s1. The van der Waals surface area contributed by atoms with E-state index in [4.69, 9.17) is 9.47 Å². The zero-order valence-electron chi connectivity index (χ0n) is 27.8. The molecule has 2 fully saturated rings. The first-order valence-electron chi connectivity index (χ1n) is 16.2. The molecule has 0 bridgehead atoms. The molecule has 2 saturated heterocycles. The fraction of sp³-hybridized carbons (Fsp3) is 0.471. The summed E-state index contributed by atoms with van der Waals surface area (Å²) in [5, 5.41) is 0.953. The molecule has 2 aromatic heterocycles. The summed E-state index contributed by atoms with van der Waals surface area (Å²) in [6.45, 7) is 2.69. The Morgan fingerprint density at radius 3 is 2.39 bits per heavy atom. The van der Waals surface area contributed by atoms with Crippen molar-refractivity contribution in [3.63, 3.8) is 0 Å². The number of hydrogen-bond acceptors (Lipinski definition) is 9. The lowest BCUT2D eigenvalue weighted by Crippen LogP contribution is -2.69. The molecule has 2 aliphatic heterocycles. The van der Waals surface area contributed by atoms with Crippen LogP contribution in [0, 0.1) is 0 Å². The van der Waals surface area contributed by atoms with Crippen LogP contribution in [0.5, 0.6) is 5.75 Å². The second kappa shape index (κ2) is 15.8. The number of aromatic nitrogens is 1. The van der Waals surface area contributed by atoms with E-state index < -0.39 is 51.8 Å². The molecule has 0 unspecified atom stereocenters. The SMILES string of the molecule is CCC[C@H]1N(C(=O)c2cnccc2C(F)(F)F)CCC[C@@]1(Oc1csc(C(F)(F)F)c1)C(=O)N1CCN(c2ccccc2SC(=O)COC)CC1. The largest absolute Gasteiger partial charge is 0.474 e. The smallest absolute Gasteiger partial charge is 0.425 e. The second-order valence-corrected chi connectivity index (χ2v) is 14.1. The van der Waals surface area contributed by atoms with Crippen molar-refractivity contribution in [2.45, 2.75) is 61.5 Å². The van der Waals surface area contributed by atoms with E-state index in [9.17, 15) is 40.7 Å². The highest BCUT2D eigenvalue weighted by Gasteiger charge is 2.56. The molecule has 5 rings (SSSR count). The molecular formula is C34H36F6N4O5S2. The first-order chi connectivity index (χ1) is 24.2. The van der Waals surface area contributed by atoms with Gasteiger partial charge in [0.25, 0.3) is 11.8 Å². The molecule has 3 aromatic rings. The summed E-state index contributed by atoms with van der Waals surface area (Å²) < 4.78 is 94.2. The van der Waals surface area contributed by atoms with Crippen molar-refractivity contribution in [3.05, 3.63) is 70.2 Å². The predicted molar refractivity (Wildman–Crippen MR) is 179 cm³/mol. The van der Waals surface area contributed by atoms with Crippen molar-refractivity contribution in [1.29, 1.82) is 0 Å². The molecule has 0 radical (unpaired) electrons. The summed E-state index contributed by atoms with van der Waals surface area (Å²) in [6.07, 6.45) is -7.13. The Bertz CT molecular complexity index is 1710. The van der Waals surface area contributed by atoms with Crippen molar-refractivity contribution >= 4 is 45.7 Å². The molecule has 276 valence electrons. The lowest BCUT2D eigenvalue weighted by Gasteiger charge is -2.51. The number of thiophene rings is 1. The van der Waals surface area contributed by atoms with Gasteiger partial charge < -0.3 is 24.2 Å². The van der Waals surface area contributed by atoms with Gasteiger partial charge in [-0.05, 0) is 42.8 Å². The van der Waals surface area contributed by atoms with Crippen molar-refractivity contribution < 1.29 is 50.2 Å². The van der Waals surface area contributed by atoms with Gasteiger partial charge in [-0.15, -0.1) is 11.3 Å². The number of methoxy groups -OCH3 is 1. The topological polar surface area (TPSA) is 92.3 Å². The molecule has 9 nitrogen and oxygen atoms in total. The summed E-state index contributed by atoms with van der Waals surface area (Å²) >= 11 is 1.43. The average Bonchev–Trinajstić information content (AvgIpc) is 3.58. The van der Waals surface area contributed by atoms with Crippen LogP contribution < -0.4 is 9.64 Å². The molecule has 17 heteroatoms. The zero-order valence-corrected chi connectivity index (χ0v) is 29.4. The number of carbonyl (C=O) groups is 3. The van der Waals surface area contributed by atoms with E-state index in [2.05, 4.69) is 4.98 Å². The molecular weight excluding hydrogens is 723 g/mol. The van der Waals surface area contributed by atoms with Crippen LogP contribution in [0.2, 0.25) is 0 Å². The van der Waals surface area contributed by atoms with E-state index in [1.165, 1.54) is 16.9 Å². The molecule has 1 aromatic carbocycles. The van der Waals surface area contributed by atoms with Crippen LogP contribution in [-0.4, -0.2) is 89.8 Å². The summed E-state index contributed by atoms with van der Waals surface area (Å²) in [4.78, 5) is 49.4. The third kappa shape index (κ3) is 8.46. The van der Waals surface area contributed by atoms with Crippen LogP contribution in [0.4, 0.5) is 32.0 Å². The number of pyridine rings is 1. The van der Waals surface area contributed by atoms with Crippen LogP contribution in [0.25, 0.3) is 0 Å². The molecule has 0 aliphatic carbocycles. The number of benzene rings is 1. The number of carbonyl (C=O) groups excluding carboxylic acids is 3. The van der Waals surface area contributed by atoms with Gasteiger partial charge >= 0.3 is 12.4 Å². The maximum Gasteiger partial charge on any atom is 0.425 e. The van der Waals surface area contributed by atoms with Gasteiger partial charge in [0, 0.05) is 75.0 Å². The number of rotatable bonds is 10. The number of ether oxygens (including phenoxy) is 2. The highest BCUT2D eigenvalue weighted by atomic mass is 32.2. The normalized spacial score (nSPS) is 20.0. The minimum absolute atomic E-state index is 0.00443. The zero-order chi connectivity index (χ0) is 37.0. The Morgan fingerprint density at radius 1 is 1.02 bits per heavy atom. The number of para-hydroxylation sites is 1. The van der Waals surface area contributed by atoms with Crippen LogP contribution >= 0.6 is 23.1 Å². The van der Waals surface area contributed by atoms with Gasteiger partial charge in [-0.3, -0.25) is 19.4 Å². The Kier molecular flexibility index (Phi) is 11.9. The maximum absolute atomic E-state index is 14.8. The first-order valence-corrected chi connectivity index (χ1v) is 17.9. The van der Waals surface area contributed by atoms with E-state index in [0.717, 1.165) is 41.3 Å². The van der Waals surface area contributed by atoms with Gasteiger partial charge in [0.05, 0.1) is 22.9 Å². The quantitative estimate of drug-likeness (QED) is 0.161. The van der Waals surface area contributed by atoms with Crippen molar-refractivity contribution in [1.82, 2.24) is 14.8 Å². The predicted octanol–water partition coefficient (Wildman–Crippen LogP) is 7.02. The minimum atomic E-state index is -4.87. The molecule has 51 heavy (non-hydrogen) atoms. The van der Waals surface area contributed by atoms with Crippen molar-refractivity contribution in [2.75, 3.05) is 51.3 Å². The molecule has 2 atom stereocenters. The van der Waals surface area contributed by atoms with Gasteiger partial charge in [0.1, 0.15) is 17.2 Å². The Balaban J connectivity index is 1.49. The van der Waals surface area contributed by atoms with Gasteiger partial charge in [-0.25, -0.2) is 0 Å². The second-order valence-electron chi connectivity index (χ2n) is 12.1. The maximum atomic E-state index is 14.8. The molecule has 2 aliphatic rings. The highest BCUT2D eigenvalue weighted by Crippen LogP contribution is 2.43. The number of piperazine rings is 1.